The van der Waals surface area contributed by atoms with Crippen molar-refractivity contribution in [3.8, 4) is 0 Å². The predicted octanol–water partition coefficient (Wildman–Crippen LogP) is 6.26. The van der Waals surface area contributed by atoms with E-state index in [2.05, 4.69) is 41.5 Å². The molecule has 0 spiro atoms. The van der Waals surface area contributed by atoms with Crippen molar-refractivity contribution in [3.05, 3.63) is 0 Å². The summed E-state index contributed by atoms with van der Waals surface area (Å²) >= 11 is 0. The molecule has 4 atom stereocenters. The van der Waals surface area contributed by atoms with Crippen molar-refractivity contribution >= 4 is 15.8 Å². The standard InChI is InChI=1S/C17H34P2/c1-16(2,3)18-11-7-9-14(18)13-15-10-8-12-19(15)17(4,5)6/h14-15H,7-13H2,1-6H3/t14-,15-,18-,19-/m1/s1. The number of hydrogen-bond donors (Lipinski definition) is 0. The van der Waals surface area contributed by atoms with Crippen LogP contribution in [-0.4, -0.2) is 34.0 Å². The van der Waals surface area contributed by atoms with Crippen molar-refractivity contribution in [1.29, 1.82) is 0 Å². The van der Waals surface area contributed by atoms with Gasteiger partial charge in [-0.15, -0.1) is 0 Å². The maximum atomic E-state index is 2.50. The molecule has 0 aromatic rings. The summed E-state index contributed by atoms with van der Waals surface area (Å²) in [6.07, 6.45) is 10.8. The average molecular weight is 300 g/mol. The maximum absolute atomic E-state index is 2.50. The van der Waals surface area contributed by atoms with Gasteiger partial charge in [0.15, 0.2) is 0 Å². The van der Waals surface area contributed by atoms with Crippen LogP contribution in [0.2, 0.25) is 0 Å². The molecule has 0 N–H and O–H groups in total. The van der Waals surface area contributed by atoms with E-state index in [4.69, 9.17) is 0 Å². The van der Waals surface area contributed by atoms with Crippen LogP contribution in [0.5, 0.6) is 0 Å². The molecule has 0 aliphatic carbocycles. The molecule has 0 unspecified atom stereocenters. The first-order valence-corrected chi connectivity index (χ1v) is 11.4. The Hall–Kier alpha value is 0.860. The zero-order valence-corrected chi connectivity index (χ0v) is 15.8. The van der Waals surface area contributed by atoms with Crippen molar-refractivity contribution in [3.63, 3.8) is 0 Å². The second-order valence-electron chi connectivity index (χ2n) is 8.56. The van der Waals surface area contributed by atoms with Gasteiger partial charge in [-0.3, -0.25) is 0 Å². The summed E-state index contributed by atoms with van der Waals surface area (Å²) in [7, 11) is 0.579. The Morgan fingerprint density at radius 3 is 1.42 bits per heavy atom. The fourth-order valence-corrected chi connectivity index (χ4v) is 11.7. The van der Waals surface area contributed by atoms with Gasteiger partial charge in [0.2, 0.25) is 0 Å². The molecule has 0 aromatic carbocycles. The number of rotatable bonds is 2. The molecule has 2 saturated heterocycles. The Kier molecular flexibility index (Phi) is 5.06. The molecule has 0 saturated carbocycles. The number of hydrogen-bond acceptors (Lipinski definition) is 0. The van der Waals surface area contributed by atoms with Crippen LogP contribution in [0.15, 0.2) is 0 Å². The molecule has 0 nitrogen and oxygen atoms in total. The third-order valence-electron chi connectivity index (χ3n) is 5.02. The molecule has 19 heavy (non-hydrogen) atoms. The second kappa shape index (κ2) is 5.93. The van der Waals surface area contributed by atoms with Crippen LogP contribution in [0.1, 0.15) is 73.6 Å². The highest BCUT2D eigenvalue weighted by molar-refractivity contribution is 7.61. The maximum Gasteiger partial charge on any atom is -0.0177 e. The van der Waals surface area contributed by atoms with Gasteiger partial charge in [-0.05, 0) is 66.1 Å². The molecule has 0 amide bonds. The summed E-state index contributed by atoms with van der Waals surface area (Å²) in [6, 6.07) is 0. The third-order valence-corrected chi connectivity index (χ3v) is 12.8. The first-order valence-electron chi connectivity index (χ1n) is 8.23. The molecule has 0 radical (unpaired) electrons. The van der Waals surface area contributed by atoms with Crippen LogP contribution in [0.25, 0.3) is 0 Å². The Morgan fingerprint density at radius 2 is 1.11 bits per heavy atom. The summed E-state index contributed by atoms with van der Waals surface area (Å²) in [4.78, 5) is 0. The smallest absolute Gasteiger partial charge is 0.0177 e. The van der Waals surface area contributed by atoms with Gasteiger partial charge in [0.25, 0.3) is 0 Å². The van der Waals surface area contributed by atoms with E-state index in [-0.39, 0.29) is 15.8 Å². The van der Waals surface area contributed by atoms with Crippen LogP contribution in [0.3, 0.4) is 0 Å². The fraction of sp³-hybridized carbons (Fsp3) is 1.00. The molecule has 2 aliphatic heterocycles. The average Bonchev–Trinajstić information content (AvgIpc) is 2.83. The highest BCUT2D eigenvalue weighted by Gasteiger charge is 2.41. The quantitative estimate of drug-likeness (QED) is 0.528. The molecule has 2 aliphatic rings. The highest BCUT2D eigenvalue weighted by atomic mass is 31.1. The third kappa shape index (κ3) is 3.95. The van der Waals surface area contributed by atoms with E-state index in [0.29, 0.717) is 10.3 Å². The minimum Gasteiger partial charge on any atom is -0.0980 e. The lowest BCUT2D eigenvalue weighted by Gasteiger charge is -2.38. The Balaban J connectivity index is 2.00. The molecule has 0 bridgehead atoms. The lowest BCUT2D eigenvalue weighted by molar-refractivity contribution is 0.641. The Bertz CT molecular complexity index is 267. The monoisotopic (exact) mass is 300 g/mol. The van der Waals surface area contributed by atoms with Gasteiger partial charge in [-0.2, -0.15) is 0 Å². The summed E-state index contributed by atoms with van der Waals surface area (Å²) in [5, 5.41) is 1.19. The van der Waals surface area contributed by atoms with Crippen LogP contribution in [0, 0.1) is 0 Å². The summed E-state index contributed by atoms with van der Waals surface area (Å²) in [6.45, 7) is 15.0. The summed E-state index contributed by atoms with van der Waals surface area (Å²) < 4.78 is 0. The predicted molar refractivity (Wildman–Crippen MR) is 93.7 cm³/mol. The molecule has 2 rings (SSSR count). The highest BCUT2D eigenvalue weighted by Crippen LogP contribution is 2.65. The fourth-order valence-electron chi connectivity index (χ4n) is 4.24. The van der Waals surface area contributed by atoms with Crippen LogP contribution >= 0.6 is 15.8 Å². The van der Waals surface area contributed by atoms with Gasteiger partial charge in [0.05, 0.1) is 0 Å². The van der Waals surface area contributed by atoms with Crippen molar-refractivity contribution in [2.45, 2.75) is 95.3 Å². The van der Waals surface area contributed by atoms with Crippen molar-refractivity contribution in [2.24, 2.45) is 0 Å². The van der Waals surface area contributed by atoms with Gasteiger partial charge in [-0.1, -0.05) is 57.4 Å². The van der Waals surface area contributed by atoms with Gasteiger partial charge in [-0.25, -0.2) is 0 Å². The van der Waals surface area contributed by atoms with E-state index < -0.39 is 0 Å². The van der Waals surface area contributed by atoms with E-state index >= 15 is 0 Å². The van der Waals surface area contributed by atoms with Crippen LogP contribution in [-0.2, 0) is 0 Å². The van der Waals surface area contributed by atoms with Gasteiger partial charge < -0.3 is 0 Å². The van der Waals surface area contributed by atoms with E-state index in [1.807, 2.05) is 0 Å². The molecule has 2 heteroatoms. The van der Waals surface area contributed by atoms with E-state index in [1.54, 1.807) is 31.6 Å². The minimum atomic E-state index is 0.290. The molecule has 112 valence electrons. The van der Waals surface area contributed by atoms with Crippen molar-refractivity contribution in [2.75, 3.05) is 12.3 Å². The van der Waals surface area contributed by atoms with E-state index in [0.717, 1.165) is 11.3 Å². The van der Waals surface area contributed by atoms with Gasteiger partial charge in [0.1, 0.15) is 0 Å². The first-order chi connectivity index (χ1) is 8.69. The van der Waals surface area contributed by atoms with Crippen molar-refractivity contribution in [1.82, 2.24) is 0 Å². The normalized spacial score (nSPS) is 36.9. The molecule has 2 fully saturated rings. The Labute approximate surface area is 124 Å². The topological polar surface area (TPSA) is 0 Å². The first kappa shape index (κ1) is 16.2. The summed E-state index contributed by atoms with van der Waals surface area (Å²) in [5.41, 5.74) is 2.20. The van der Waals surface area contributed by atoms with Crippen LogP contribution < -0.4 is 0 Å². The second-order valence-corrected chi connectivity index (χ2v) is 15.5. The molecule has 0 aromatic heterocycles. The molecule has 2 heterocycles. The lowest BCUT2D eigenvalue weighted by Crippen LogP contribution is -2.23. The van der Waals surface area contributed by atoms with E-state index in [1.165, 1.54) is 12.8 Å². The summed E-state index contributed by atoms with van der Waals surface area (Å²) in [5.74, 6) is 0. The lowest BCUT2D eigenvalue weighted by atomic mass is 10.1. The SMILES string of the molecule is CC(C)(C)[P@]1CCC[C@@H]1C[C@H]1CCC[P@@]1C(C)(C)C. The van der Waals surface area contributed by atoms with Crippen molar-refractivity contribution < 1.29 is 0 Å². The van der Waals surface area contributed by atoms with Gasteiger partial charge in [0, 0.05) is 0 Å². The van der Waals surface area contributed by atoms with E-state index in [9.17, 15) is 0 Å². The zero-order chi connectivity index (χ0) is 14.3. The molecular weight excluding hydrogens is 266 g/mol. The molecular formula is C17H34P2. The van der Waals surface area contributed by atoms with Gasteiger partial charge >= 0.3 is 0 Å². The Morgan fingerprint density at radius 1 is 0.737 bits per heavy atom. The minimum absolute atomic E-state index is 0.290. The largest absolute Gasteiger partial charge is 0.0980 e. The van der Waals surface area contributed by atoms with Crippen LogP contribution in [0.4, 0.5) is 0 Å². The zero-order valence-electron chi connectivity index (χ0n) is 14.0.